The van der Waals surface area contributed by atoms with Crippen LogP contribution in [-0.2, 0) is 0 Å². The molecule has 0 spiro atoms. The van der Waals surface area contributed by atoms with Crippen molar-refractivity contribution in [3.05, 3.63) is 22.5 Å². The third-order valence-electron chi connectivity index (χ3n) is 4.96. The number of rotatable bonds is 4. The number of aryl methyl sites for hydroxylation is 1. The third kappa shape index (κ3) is 3.10. The number of aromatic amines is 1. The highest BCUT2D eigenvalue weighted by atomic mass is 16.1. The van der Waals surface area contributed by atoms with E-state index in [2.05, 4.69) is 11.9 Å². The van der Waals surface area contributed by atoms with Gasteiger partial charge in [0.1, 0.15) is 6.04 Å². The standard InChI is InChI=1S/C17H26N2O2/c1-10-6-8-19(9-7-10)13(4)17(21)16-11(2)15(14(5)20)12(3)18-16/h10,13,18H,6-9H2,1-5H3/p+1/t13-/m1/s1. The van der Waals surface area contributed by atoms with E-state index < -0.39 is 0 Å². The molecule has 0 aliphatic carbocycles. The zero-order chi connectivity index (χ0) is 15.7. The summed E-state index contributed by atoms with van der Waals surface area (Å²) in [6, 6.07) is -0.0472. The van der Waals surface area contributed by atoms with Gasteiger partial charge in [-0.05, 0) is 52.0 Å². The number of Topliss-reactive ketones (excluding diaryl/α,β-unsaturated/α-hetero) is 2. The Hall–Kier alpha value is -1.42. The lowest BCUT2D eigenvalue weighted by molar-refractivity contribution is -0.919. The number of piperidine rings is 1. The van der Waals surface area contributed by atoms with Crippen molar-refractivity contribution in [2.24, 2.45) is 5.92 Å². The summed E-state index contributed by atoms with van der Waals surface area (Å²) < 4.78 is 0. The molecule has 2 rings (SSSR count). The van der Waals surface area contributed by atoms with Gasteiger partial charge in [-0.3, -0.25) is 9.59 Å². The van der Waals surface area contributed by atoms with Crippen LogP contribution < -0.4 is 4.90 Å². The number of likely N-dealkylation sites (tertiary alicyclic amines) is 1. The van der Waals surface area contributed by atoms with Gasteiger partial charge in [0.05, 0.1) is 18.8 Å². The molecule has 1 aromatic rings. The SMILES string of the molecule is CC(=O)c1c(C)[nH]c(C(=O)[C@@H](C)[NH+]2CCC(C)CC2)c1C. The summed E-state index contributed by atoms with van der Waals surface area (Å²) in [5.41, 5.74) is 2.91. The van der Waals surface area contributed by atoms with Crippen molar-refractivity contribution >= 4 is 11.6 Å². The van der Waals surface area contributed by atoms with Crippen molar-refractivity contribution < 1.29 is 14.5 Å². The highest BCUT2D eigenvalue weighted by Gasteiger charge is 2.32. The molecule has 4 heteroatoms. The number of aromatic nitrogens is 1. The van der Waals surface area contributed by atoms with Crippen LogP contribution in [0.4, 0.5) is 0 Å². The van der Waals surface area contributed by atoms with E-state index in [0.29, 0.717) is 11.3 Å². The Morgan fingerprint density at radius 3 is 2.29 bits per heavy atom. The van der Waals surface area contributed by atoms with Crippen molar-refractivity contribution in [2.75, 3.05) is 13.1 Å². The van der Waals surface area contributed by atoms with Crippen LogP contribution in [0.1, 0.15) is 65.7 Å². The fourth-order valence-electron chi connectivity index (χ4n) is 3.49. The normalized spacial score (nSPS) is 23.9. The summed E-state index contributed by atoms with van der Waals surface area (Å²) in [7, 11) is 0. The van der Waals surface area contributed by atoms with Crippen molar-refractivity contribution in [1.29, 1.82) is 0 Å². The molecule has 0 unspecified atom stereocenters. The molecule has 1 atom stereocenters. The minimum atomic E-state index is -0.0472. The molecule has 0 amide bonds. The van der Waals surface area contributed by atoms with Gasteiger partial charge in [0.25, 0.3) is 0 Å². The number of carbonyl (C=O) groups excluding carboxylic acids is 2. The van der Waals surface area contributed by atoms with Gasteiger partial charge in [0.15, 0.2) is 5.78 Å². The van der Waals surface area contributed by atoms with Gasteiger partial charge >= 0.3 is 0 Å². The lowest BCUT2D eigenvalue weighted by Crippen LogP contribution is -3.17. The minimum absolute atomic E-state index is 0.0205. The maximum Gasteiger partial charge on any atom is 0.235 e. The van der Waals surface area contributed by atoms with Crippen LogP contribution in [0.25, 0.3) is 0 Å². The Balaban J connectivity index is 2.20. The maximum absolute atomic E-state index is 12.8. The fourth-order valence-corrected chi connectivity index (χ4v) is 3.49. The van der Waals surface area contributed by atoms with Crippen molar-refractivity contribution in [1.82, 2.24) is 4.98 Å². The summed E-state index contributed by atoms with van der Waals surface area (Å²) in [5.74, 6) is 0.926. The van der Waals surface area contributed by atoms with E-state index in [1.54, 1.807) is 6.92 Å². The third-order valence-corrected chi connectivity index (χ3v) is 4.96. The second kappa shape index (κ2) is 6.14. The number of hydrogen-bond acceptors (Lipinski definition) is 2. The molecule has 0 bridgehead atoms. The van der Waals surface area contributed by atoms with Crippen LogP contribution in [0.2, 0.25) is 0 Å². The minimum Gasteiger partial charge on any atom is -0.355 e. The Morgan fingerprint density at radius 2 is 1.81 bits per heavy atom. The average Bonchev–Trinajstić information content (AvgIpc) is 2.73. The zero-order valence-corrected chi connectivity index (χ0v) is 13.8. The van der Waals surface area contributed by atoms with Gasteiger partial charge in [0.2, 0.25) is 5.78 Å². The van der Waals surface area contributed by atoms with E-state index >= 15 is 0 Å². The summed E-state index contributed by atoms with van der Waals surface area (Å²) in [5, 5.41) is 0. The molecular formula is C17H27N2O2+. The first-order chi connectivity index (χ1) is 9.82. The molecule has 2 heterocycles. The zero-order valence-electron chi connectivity index (χ0n) is 13.8. The first kappa shape index (κ1) is 16.0. The Bertz CT molecular complexity index is 551. The Kier molecular flexibility index (Phi) is 4.67. The molecular weight excluding hydrogens is 264 g/mol. The van der Waals surface area contributed by atoms with E-state index in [4.69, 9.17) is 0 Å². The van der Waals surface area contributed by atoms with E-state index in [1.807, 2.05) is 20.8 Å². The Morgan fingerprint density at radius 1 is 1.24 bits per heavy atom. The monoisotopic (exact) mass is 291 g/mol. The number of quaternary nitrogens is 1. The van der Waals surface area contributed by atoms with Crippen LogP contribution in [0.5, 0.6) is 0 Å². The summed E-state index contributed by atoms with van der Waals surface area (Å²) >= 11 is 0. The highest BCUT2D eigenvalue weighted by molar-refractivity contribution is 6.04. The van der Waals surface area contributed by atoms with Crippen LogP contribution in [0, 0.1) is 19.8 Å². The van der Waals surface area contributed by atoms with E-state index in [-0.39, 0.29) is 17.6 Å². The van der Waals surface area contributed by atoms with Crippen LogP contribution >= 0.6 is 0 Å². The van der Waals surface area contributed by atoms with Gasteiger partial charge in [-0.1, -0.05) is 6.92 Å². The maximum atomic E-state index is 12.8. The fraction of sp³-hybridized carbons (Fsp3) is 0.647. The second-order valence-electron chi connectivity index (χ2n) is 6.61. The molecule has 4 nitrogen and oxygen atoms in total. The van der Waals surface area contributed by atoms with Crippen molar-refractivity contribution in [3.63, 3.8) is 0 Å². The average molecular weight is 291 g/mol. The quantitative estimate of drug-likeness (QED) is 0.830. The van der Waals surface area contributed by atoms with Gasteiger partial charge < -0.3 is 9.88 Å². The molecule has 0 radical (unpaired) electrons. The first-order valence-electron chi connectivity index (χ1n) is 7.91. The van der Waals surface area contributed by atoms with Crippen molar-refractivity contribution in [2.45, 2.75) is 53.5 Å². The molecule has 1 saturated heterocycles. The molecule has 0 saturated carbocycles. The molecule has 21 heavy (non-hydrogen) atoms. The number of carbonyl (C=O) groups is 2. The molecule has 116 valence electrons. The predicted octanol–water partition coefficient (Wildman–Crippen LogP) is 1.72. The van der Waals surface area contributed by atoms with E-state index in [1.165, 1.54) is 17.7 Å². The number of nitrogens with one attached hydrogen (secondary N) is 2. The molecule has 1 aromatic heterocycles. The van der Waals surface area contributed by atoms with Crippen LogP contribution in [0.3, 0.4) is 0 Å². The topological polar surface area (TPSA) is 54.4 Å². The van der Waals surface area contributed by atoms with E-state index in [9.17, 15) is 9.59 Å². The highest BCUT2D eigenvalue weighted by Crippen LogP contribution is 2.19. The summed E-state index contributed by atoms with van der Waals surface area (Å²) in [6.07, 6.45) is 2.38. The lowest BCUT2D eigenvalue weighted by Gasteiger charge is -2.31. The van der Waals surface area contributed by atoms with Crippen LogP contribution in [0.15, 0.2) is 0 Å². The second-order valence-corrected chi connectivity index (χ2v) is 6.61. The smallest absolute Gasteiger partial charge is 0.235 e. The number of hydrogen-bond donors (Lipinski definition) is 2. The van der Waals surface area contributed by atoms with Crippen LogP contribution in [-0.4, -0.2) is 35.7 Å². The molecule has 1 aliphatic heterocycles. The van der Waals surface area contributed by atoms with E-state index in [0.717, 1.165) is 30.3 Å². The summed E-state index contributed by atoms with van der Waals surface area (Å²) in [6.45, 7) is 11.7. The number of H-pyrrole nitrogens is 1. The van der Waals surface area contributed by atoms with Gasteiger partial charge in [0, 0.05) is 11.3 Å². The molecule has 1 aliphatic rings. The molecule has 0 aromatic carbocycles. The van der Waals surface area contributed by atoms with Gasteiger partial charge in [-0.25, -0.2) is 0 Å². The number of ketones is 2. The van der Waals surface area contributed by atoms with Crippen molar-refractivity contribution in [3.8, 4) is 0 Å². The molecule has 2 N–H and O–H groups in total. The summed E-state index contributed by atoms with van der Waals surface area (Å²) in [4.78, 5) is 29.0. The van der Waals surface area contributed by atoms with Gasteiger partial charge in [-0.15, -0.1) is 0 Å². The largest absolute Gasteiger partial charge is 0.355 e. The van der Waals surface area contributed by atoms with Gasteiger partial charge in [-0.2, -0.15) is 0 Å². The predicted molar refractivity (Wildman–Crippen MR) is 83.2 cm³/mol. The molecule has 1 fully saturated rings. The lowest BCUT2D eigenvalue weighted by atomic mass is 9.96. The Labute approximate surface area is 126 Å². The first-order valence-corrected chi connectivity index (χ1v) is 7.91.